The van der Waals surface area contributed by atoms with Crippen LogP contribution in [0.25, 0.3) is 0 Å². The fraction of sp³-hybridized carbons (Fsp3) is 0.389. The van der Waals surface area contributed by atoms with E-state index in [1.54, 1.807) is 37.3 Å². The number of benzene rings is 1. The summed E-state index contributed by atoms with van der Waals surface area (Å²) in [5, 5.41) is 0. The van der Waals surface area contributed by atoms with Gasteiger partial charge in [-0.1, -0.05) is 24.3 Å². The van der Waals surface area contributed by atoms with Crippen molar-refractivity contribution in [1.29, 1.82) is 0 Å². The maximum Gasteiger partial charge on any atom is 0.335 e. The molecule has 7 nitrogen and oxygen atoms in total. The summed E-state index contributed by atoms with van der Waals surface area (Å²) in [6.07, 6.45) is 0.687. The number of esters is 2. The van der Waals surface area contributed by atoms with Crippen molar-refractivity contribution < 1.29 is 28.6 Å². The lowest BCUT2D eigenvalue weighted by Gasteiger charge is -2.22. The minimum Gasteiger partial charge on any atom is -0.465 e. The number of para-hydroxylation sites is 1. The van der Waals surface area contributed by atoms with Crippen molar-refractivity contribution in [3.63, 3.8) is 0 Å². The number of hydrogen-bond acceptors (Lipinski definition) is 6. The van der Waals surface area contributed by atoms with E-state index in [0.717, 1.165) is 0 Å². The van der Waals surface area contributed by atoms with Gasteiger partial charge in [-0.2, -0.15) is 0 Å². The lowest BCUT2D eigenvalue weighted by molar-refractivity contribution is -0.158. The number of carbonyl (C=O) groups is 3. The molecule has 0 bridgehead atoms. The number of nitrogens with zero attached hydrogens (tertiary/aromatic N) is 1. The van der Waals surface area contributed by atoms with Gasteiger partial charge in [0.05, 0.1) is 13.2 Å². The SMILES string of the molecule is C=CCOC(C)C(=O)OCC(=O)N(CC(=O)OCC)c1ccccc1. The Hall–Kier alpha value is -2.67. The van der Waals surface area contributed by atoms with E-state index in [-0.39, 0.29) is 19.8 Å². The van der Waals surface area contributed by atoms with Crippen molar-refractivity contribution >= 4 is 23.5 Å². The lowest BCUT2D eigenvalue weighted by Crippen LogP contribution is -2.40. The molecule has 25 heavy (non-hydrogen) atoms. The van der Waals surface area contributed by atoms with Gasteiger partial charge in [-0.05, 0) is 26.0 Å². The lowest BCUT2D eigenvalue weighted by atomic mass is 10.3. The van der Waals surface area contributed by atoms with Crippen molar-refractivity contribution in [2.24, 2.45) is 0 Å². The molecule has 1 unspecified atom stereocenters. The molecule has 0 spiro atoms. The van der Waals surface area contributed by atoms with E-state index in [4.69, 9.17) is 14.2 Å². The second-order valence-electron chi connectivity index (χ2n) is 4.99. The minimum atomic E-state index is -0.818. The van der Waals surface area contributed by atoms with Crippen LogP contribution < -0.4 is 4.90 Å². The molecule has 0 aliphatic heterocycles. The van der Waals surface area contributed by atoms with Crippen molar-refractivity contribution in [2.75, 3.05) is 31.3 Å². The van der Waals surface area contributed by atoms with Crippen LogP contribution in [0, 0.1) is 0 Å². The largest absolute Gasteiger partial charge is 0.465 e. The average Bonchev–Trinajstić information content (AvgIpc) is 2.62. The second kappa shape index (κ2) is 11.0. The van der Waals surface area contributed by atoms with Gasteiger partial charge < -0.3 is 14.2 Å². The highest BCUT2D eigenvalue weighted by Gasteiger charge is 2.22. The predicted molar refractivity (Wildman–Crippen MR) is 92.0 cm³/mol. The average molecular weight is 349 g/mol. The van der Waals surface area contributed by atoms with Gasteiger partial charge in [0, 0.05) is 5.69 Å². The van der Waals surface area contributed by atoms with Gasteiger partial charge in [0.15, 0.2) is 12.7 Å². The van der Waals surface area contributed by atoms with E-state index in [9.17, 15) is 14.4 Å². The van der Waals surface area contributed by atoms with E-state index in [0.29, 0.717) is 5.69 Å². The Morgan fingerprint density at radius 3 is 2.48 bits per heavy atom. The van der Waals surface area contributed by atoms with E-state index in [1.165, 1.54) is 17.9 Å². The molecule has 0 saturated carbocycles. The third-order valence-corrected chi connectivity index (χ3v) is 3.10. The van der Waals surface area contributed by atoms with Crippen molar-refractivity contribution in [2.45, 2.75) is 20.0 Å². The van der Waals surface area contributed by atoms with Crippen LogP contribution in [0.3, 0.4) is 0 Å². The molecule has 1 aromatic rings. The van der Waals surface area contributed by atoms with E-state index >= 15 is 0 Å². The summed E-state index contributed by atoms with van der Waals surface area (Å²) in [6.45, 7) is 6.32. The van der Waals surface area contributed by atoms with Crippen LogP contribution in [0.2, 0.25) is 0 Å². The molecule has 0 saturated heterocycles. The Labute approximate surface area is 147 Å². The summed E-state index contributed by atoms with van der Waals surface area (Å²) in [5.41, 5.74) is 0.507. The Kier molecular flexibility index (Phi) is 8.95. The Bertz CT molecular complexity index is 586. The minimum absolute atomic E-state index is 0.198. The Morgan fingerprint density at radius 2 is 1.88 bits per heavy atom. The number of carbonyl (C=O) groups excluding carboxylic acids is 3. The van der Waals surface area contributed by atoms with Crippen LogP contribution in [0.1, 0.15) is 13.8 Å². The number of rotatable bonds is 10. The third kappa shape index (κ3) is 7.17. The molecule has 0 radical (unpaired) electrons. The molecular formula is C18H23NO6. The van der Waals surface area contributed by atoms with E-state index in [1.807, 2.05) is 0 Å². The summed E-state index contributed by atoms with van der Waals surface area (Å²) in [7, 11) is 0. The summed E-state index contributed by atoms with van der Waals surface area (Å²) in [6, 6.07) is 8.61. The summed E-state index contributed by atoms with van der Waals surface area (Å²) in [5.74, 6) is -1.75. The zero-order valence-corrected chi connectivity index (χ0v) is 14.5. The number of hydrogen-bond donors (Lipinski definition) is 0. The van der Waals surface area contributed by atoms with Crippen molar-refractivity contribution in [3.8, 4) is 0 Å². The van der Waals surface area contributed by atoms with Gasteiger partial charge in [-0.3, -0.25) is 14.5 Å². The number of ether oxygens (including phenoxy) is 3. The molecular weight excluding hydrogens is 326 g/mol. The fourth-order valence-corrected chi connectivity index (χ4v) is 1.88. The van der Waals surface area contributed by atoms with Crippen LogP contribution in [-0.4, -0.2) is 50.3 Å². The van der Waals surface area contributed by atoms with Crippen molar-refractivity contribution in [1.82, 2.24) is 0 Å². The molecule has 1 aromatic carbocycles. The summed E-state index contributed by atoms with van der Waals surface area (Å²) in [4.78, 5) is 37.2. The molecule has 1 rings (SSSR count). The molecule has 7 heteroatoms. The highest BCUT2D eigenvalue weighted by Crippen LogP contribution is 2.14. The standard InChI is InChI=1S/C18H23NO6/c1-4-11-24-14(3)18(22)25-13-16(20)19(12-17(21)23-5-2)15-9-7-6-8-10-15/h4,6-10,14H,1,5,11-13H2,2-3H3. The van der Waals surface area contributed by atoms with Crippen molar-refractivity contribution in [3.05, 3.63) is 43.0 Å². The van der Waals surface area contributed by atoms with Gasteiger partial charge in [-0.15, -0.1) is 6.58 Å². The second-order valence-corrected chi connectivity index (χ2v) is 4.99. The monoisotopic (exact) mass is 349 g/mol. The van der Waals surface area contributed by atoms with E-state index < -0.39 is 30.6 Å². The molecule has 1 amide bonds. The normalized spacial score (nSPS) is 11.3. The highest BCUT2D eigenvalue weighted by atomic mass is 16.6. The first kappa shape index (κ1) is 20.4. The quantitative estimate of drug-likeness (QED) is 0.472. The number of anilines is 1. The summed E-state index contributed by atoms with van der Waals surface area (Å²) >= 11 is 0. The summed E-state index contributed by atoms with van der Waals surface area (Å²) < 4.78 is 15.0. The van der Waals surface area contributed by atoms with Crippen LogP contribution >= 0.6 is 0 Å². The van der Waals surface area contributed by atoms with Crippen LogP contribution in [-0.2, 0) is 28.6 Å². The molecule has 0 aromatic heterocycles. The first-order chi connectivity index (χ1) is 12.0. The Morgan fingerprint density at radius 1 is 1.20 bits per heavy atom. The van der Waals surface area contributed by atoms with Gasteiger partial charge in [0.25, 0.3) is 5.91 Å². The third-order valence-electron chi connectivity index (χ3n) is 3.10. The van der Waals surface area contributed by atoms with Gasteiger partial charge in [0.2, 0.25) is 0 Å². The van der Waals surface area contributed by atoms with Crippen LogP contribution in [0.15, 0.2) is 43.0 Å². The molecule has 0 aliphatic rings. The Balaban J connectivity index is 2.71. The maximum absolute atomic E-state index is 12.4. The first-order valence-corrected chi connectivity index (χ1v) is 7.89. The zero-order valence-electron chi connectivity index (χ0n) is 14.5. The molecule has 0 heterocycles. The highest BCUT2D eigenvalue weighted by molar-refractivity contribution is 5.99. The molecule has 0 N–H and O–H groups in total. The molecule has 136 valence electrons. The molecule has 0 fully saturated rings. The molecule has 1 atom stereocenters. The zero-order chi connectivity index (χ0) is 18.7. The fourth-order valence-electron chi connectivity index (χ4n) is 1.88. The van der Waals surface area contributed by atoms with E-state index in [2.05, 4.69) is 6.58 Å². The van der Waals surface area contributed by atoms with Crippen LogP contribution in [0.5, 0.6) is 0 Å². The van der Waals surface area contributed by atoms with Gasteiger partial charge in [0.1, 0.15) is 6.54 Å². The van der Waals surface area contributed by atoms with Gasteiger partial charge >= 0.3 is 11.9 Å². The number of amides is 1. The van der Waals surface area contributed by atoms with Crippen LogP contribution in [0.4, 0.5) is 5.69 Å². The maximum atomic E-state index is 12.4. The molecule has 0 aliphatic carbocycles. The smallest absolute Gasteiger partial charge is 0.335 e. The topological polar surface area (TPSA) is 82.1 Å². The first-order valence-electron chi connectivity index (χ1n) is 7.89. The van der Waals surface area contributed by atoms with Gasteiger partial charge in [-0.25, -0.2) is 4.79 Å². The predicted octanol–water partition coefficient (Wildman–Crippen LogP) is 1.72.